The highest BCUT2D eigenvalue weighted by Crippen LogP contribution is 2.45. The summed E-state index contributed by atoms with van der Waals surface area (Å²) in [7, 11) is 2.50. The molecular formula is C20H18O6. The van der Waals surface area contributed by atoms with Gasteiger partial charge in [-0.1, -0.05) is 36.4 Å². The van der Waals surface area contributed by atoms with E-state index in [9.17, 15) is 9.59 Å². The molecule has 0 bridgehead atoms. The second-order valence-corrected chi connectivity index (χ2v) is 5.77. The number of methoxy groups -OCH3 is 2. The average Bonchev–Trinajstić information content (AvgIpc) is 2.64. The number of ether oxygens (including phenoxy) is 4. The van der Waals surface area contributed by atoms with Crippen LogP contribution in [0.1, 0.15) is 11.1 Å². The average molecular weight is 354 g/mol. The number of hydrogen-bond donors (Lipinski definition) is 0. The van der Waals surface area contributed by atoms with Crippen molar-refractivity contribution in [3.8, 4) is 11.5 Å². The molecule has 0 aliphatic carbocycles. The van der Waals surface area contributed by atoms with Crippen LogP contribution in [-0.2, 0) is 9.47 Å². The van der Waals surface area contributed by atoms with Gasteiger partial charge in [0, 0.05) is 21.5 Å². The number of carbonyl (C=O) groups is 2. The Morgan fingerprint density at radius 3 is 1.42 bits per heavy atom. The van der Waals surface area contributed by atoms with Crippen LogP contribution in [0, 0.1) is 13.8 Å². The minimum absolute atomic E-state index is 0.362. The van der Waals surface area contributed by atoms with Gasteiger partial charge >= 0.3 is 12.3 Å². The Morgan fingerprint density at radius 2 is 1.08 bits per heavy atom. The largest absolute Gasteiger partial charge is 0.513 e. The Kier molecular flexibility index (Phi) is 4.67. The van der Waals surface area contributed by atoms with Crippen LogP contribution in [0.5, 0.6) is 11.5 Å². The van der Waals surface area contributed by atoms with Crippen LogP contribution in [0.25, 0.3) is 21.5 Å². The molecule has 3 rings (SSSR count). The van der Waals surface area contributed by atoms with E-state index in [0.29, 0.717) is 33.0 Å². The first-order valence-electron chi connectivity index (χ1n) is 7.94. The quantitative estimate of drug-likeness (QED) is 0.370. The van der Waals surface area contributed by atoms with Gasteiger partial charge in [0.1, 0.15) is 0 Å². The van der Waals surface area contributed by atoms with Gasteiger partial charge in [0.2, 0.25) is 0 Å². The zero-order valence-electron chi connectivity index (χ0n) is 14.9. The van der Waals surface area contributed by atoms with Crippen molar-refractivity contribution >= 4 is 33.9 Å². The van der Waals surface area contributed by atoms with Crippen LogP contribution in [-0.4, -0.2) is 26.5 Å². The monoisotopic (exact) mass is 354 g/mol. The van der Waals surface area contributed by atoms with Gasteiger partial charge in [0.15, 0.2) is 11.5 Å². The predicted octanol–water partition coefficient (Wildman–Crippen LogP) is 4.90. The standard InChI is InChI=1S/C20H18O6/c1-11-7-5-9-13-15(11)17(25-19(21)23-3)14-10-6-8-12(2)16(14)18(13)26-20(22)24-4/h5-10H,1-4H3. The summed E-state index contributed by atoms with van der Waals surface area (Å²) in [6.45, 7) is 3.77. The summed E-state index contributed by atoms with van der Waals surface area (Å²) in [5.74, 6) is 0.724. The molecule has 134 valence electrons. The number of fused-ring (bicyclic) bond motifs is 2. The molecular weight excluding hydrogens is 336 g/mol. The third kappa shape index (κ3) is 2.90. The van der Waals surface area contributed by atoms with E-state index in [1.54, 1.807) is 12.1 Å². The molecule has 0 atom stereocenters. The number of aryl methyl sites for hydroxylation is 2. The fourth-order valence-electron chi connectivity index (χ4n) is 3.05. The fourth-order valence-corrected chi connectivity index (χ4v) is 3.05. The summed E-state index contributed by atoms with van der Waals surface area (Å²) in [6.07, 6.45) is -1.64. The summed E-state index contributed by atoms with van der Waals surface area (Å²) in [6, 6.07) is 11.1. The molecule has 0 aliphatic heterocycles. The van der Waals surface area contributed by atoms with Crippen LogP contribution in [0.3, 0.4) is 0 Å². The van der Waals surface area contributed by atoms with Crippen molar-refractivity contribution in [3.63, 3.8) is 0 Å². The van der Waals surface area contributed by atoms with Crippen LogP contribution in [0.2, 0.25) is 0 Å². The lowest BCUT2D eigenvalue weighted by Crippen LogP contribution is -2.11. The molecule has 0 unspecified atom stereocenters. The number of benzene rings is 3. The molecule has 6 nitrogen and oxygen atoms in total. The van der Waals surface area contributed by atoms with Crippen LogP contribution < -0.4 is 9.47 Å². The first kappa shape index (κ1) is 17.5. The van der Waals surface area contributed by atoms with Crippen molar-refractivity contribution in [3.05, 3.63) is 47.5 Å². The third-order valence-corrected chi connectivity index (χ3v) is 4.19. The minimum atomic E-state index is -0.820. The van der Waals surface area contributed by atoms with Gasteiger partial charge in [0.25, 0.3) is 0 Å². The van der Waals surface area contributed by atoms with E-state index in [-0.39, 0.29) is 0 Å². The first-order chi connectivity index (χ1) is 12.5. The van der Waals surface area contributed by atoms with Crippen molar-refractivity contribution < 1.29 is 28.5 Å². The summed E-state index contributed by atoms with van der Waals surface area (Å²) in [4.78, 5) is 23.6. The molecule has 0 amide bonds. The molecule has 0 aliphatic rings. The Balaban J connectivity index is 2.49. The van der Waals surface area contributed by atoms with Gasteiger partial charge < -0.3 is 18.9 Å². The van der Waals surface area contributed by atoms with E-state index >= 15 is 0 Å². The van der Waals surface area contributed by atoms with Crippen molar-refractivity contribution in [2.45, 2.75) is 13.8 Å². The molecule has 0 fully saturated rings. The highest BCUT2D eigenvalue weighted by atomic mass is 16.7. The van der Waals surface area contributed by atoms with E-state index < -0.39 is 12.3 Å². The van der Waals surface area contributed by atoms with E-state index in [0.717, 1.165) is 11.1 Å². The Labute approximate surface area is 150 Å². The molecule has 0 aromatic heterocycles. The second kappa shape index (κ2) is 6.92. The van der Waals surface area contributed by atoms with E-state index in [2.05, 4.69) is 9.47 Å². The normalized spacial score (nSPS) is 10.6. The van der Waals surface area contributed by atoms with Crippen molar-refractivity contribution in [2.75, 3.05) is 14.2 Å². The summed E-state index contributed by atoms with van der Waals surface area (Å²) in [5.41, 5.74) is 1.72. The molecule has 0 radical (unpaired) electrons. The van der Waals surface area contributed by atoms with Gasteiger partial charge in [-0.2, -0.15) is 0 Å². The SMILES string of the molecule is COC(=O)Oc1c2cccc(C)c2c(OC(=O)OC)c2cccc(C)c12. The summed E-state index contributed by atoms with van der Waals surface area (Å²) < 4.78 is 20.3. The smallest absolute Gasteiger partial charge is 0.437 e. The molecule has 0 saturated heterocycles. The maximum Gasteiger partial charge on any atom is 0.513 e. The molecule has 3 aromatic carbocycles. The number of hydrogen-bond acceptors (Lipinski definition) is 6. The van der Waals surface area contributed by atoms with Crippen LogP contribution >= 0.6 is 0 Å². The second-order valence-electron chi connectivity index (χ2n) is 5.77. The fraction of sp³-hybridized carbons (Fsp3) is 0.200. The molecule has 0 heterocycles. The molecule has 0 spiro atoms. The van der Waals surface area contributed by atoms with E-state index in [1.165, 1.54) is 14.2 Å². The third-order valence-electron chi connectivity index (χ3n) is 4.19. The van der Waals surface area contributed by atoms with E-state index in [4.69, 9.17) is 9.47 Å². The van der Waals surface area contributed by atoms with Gasteiger partial charge in [-0.15, -0.1) is 0 Å². The van der Waals surface area contributed by atoms with Gasteiger partial charge in [-0.25, -0.2) is 9.59 Å². The minimum Gasteiger partial charge on any atom is -0.437 e. The van der Waals surface area contributed by atoms with Gasteiger partial charge in [0.05, 0.1) is 14.2 Å². The zero-order valence-corrected chi connectivity index (χ0v) is 14.9. The zero-order chi connectivity index (χ0) is 18.8. The molecule has 0 saturated carbocycles. The molecule has 6 heteroatoms. The maximum absolute atomic E-state index is 11.8. The predicted molar refractivity (Wildman–Crippen MR) is 97.0 cm³/mol. The van der Waals surface area contributed by atoms with Crippen molar-refractivity contribution in [2.24, 2.45) is 0 Å². The van der Waals surface area contributed by atoms with Crippen LogP contribution in [0.15, 0.2) is 36.4 Å². The van der Waals surface area contributed by atoms with Crippen LogP contribution in [0.4, 0.5) is 9.59 Å². The highest BCUT2D eigenvalue weighted by molar-refractivity contribution is 6.14. The van der Waals surface area contributed by atoms with E-state index in [1.807, 2.05) is 38.1 Å². The lowest BCUT2D eigenvalue weighted by Gasteiger charge is -2.18. The van der Waals surface area contributed by atoms with Crippen molar-refractivity contribution in [1.29, 1.82) is 0 Å². The Morgan fingerprint density at radius 1 is 0.692 bits per heavy atom. The summed E-state index contributed by atoms with van der Waals surface area (Å²) >= 11 is 0. The maximum atomic E-state index is 11.8. The van der Waals surface area contributed by atoms with Gasteiger partial charge in [-0.05, 0) is 25.0 Å². The van der Waals surface area contributed by atoms with Gasteiger partial charge in [-0.3, -0.25) is 0 Å². The molecule has 26 heavy (non-hydrogen) atoms. The number of rotatable bonds is 2. The molecule has 3 aromatic rings. The molecule has 0 N–H and O–H groups in total. The van der Waals surface area contributed by atoms with Crippen molar-refractivity contribution in [1.82, 2.24) is 0 Å². The lowest BCUT2D eigenvalue weighted by molar-refractivity contribution is 0.120. The first-order valence-corrected chi connectivity index (χ1v) is 7.94. The lowest BCUT2D eigenvalue weighted by atomic mass is 9.95. The topological polar surface area (TPSA) is 71.1 Å². The Hall–Kier alpha value is -3.28. The highest BCUT2D eigenvalue weighted by Gasteiger charge is 2.22. The summed E-state index contributed by atoms with van der Waals surface area (Å²) in [5, 5.41) is 2.59. The number of carbonyl (C=O) groups excluding carboxylic acids is 2. The Bertz CT molecular complexity index is 938.